The van der Waals surface area contributed by atoms with E-state index in [-0.39, 0.29) is 17.7 Å². The van der Waals surface area contributed by atoms with Crippen LogP contribution in [0.15, 0.2) is 45.5 Å². The molecule has 1 amide bonds. The Morgan fingerprint density at radius 3 is 2.74 bits per heavy atom. The predicted octanol–water partition coefficient (Wildman–Crippen LogP) is 3.23. The number of carbonyl (C=O) groups excluding carboxylic acids is 1. The zero-order valence-electron chi connectivity index (χ0n) is 12.5. The number of rotatable bonds is 4. The van der Waals surface area contributed by atoms with Crippen LogP contribution in [0.1, 0.15) is 28.9 Å². The van der Waals surface area contributed by atoms with E-state index in [1.165, 1.54) is 24.2 Å². The van der Waals surface area contributed by atoms with Crippen LogP contribution >= 0.6 is 23.1 Å². The van der Waals surface area contributed by atoms with Gasteiger partial charge in [-0.1, -0.05) is 11.8 Å². The van der Waals surface area contributed by atoms with Crippen LogP contribution in [0.5, 0.6) is 5.75 Å². The molecule has 2 aliphatic rings. The van der Waals surface area contributed by atoms with E-state index in [0.29, 0.717) is 12.1 Å². The fourth-order valence-corrected chi connectivity index (χ4v) is 5.36. The first-order valence-corrected chi connectivity index (χ1v) is 9.44. The van der Waals surface area contributed by atoms with Gasteiger partial charge < -0.3 is 15.7 Å². The third kappa shape index (κ3) is 3.24. The van der Waals surface area contributed by atoms with Gasteiger partial charge in [0, 0.05) is 23.0 Å². The lowest BCUT2D eigenvalue weighted by Gasteiger charge is -2.20. The van der Waals surface area contributed by atoms with Crippen LogP contribution in [0, 0.1) is 0 Å². The standard InChI is InChI=1S/C17H18N2O2S2/c20-11-2-4-12(5-3-11)22-16-8-7-15(23-16)17(21)19-14-9-10-1-6-13(14)18-10/h2-5,7-8,10,13-14,18,20H,1,6,9H2,(H,19,21). The van der Waals surface area contributed by atoms with Gasteiger partial charge in [0.1, 0.15) is 5.75 Å². The maximum absolute atomic E-state index is 12.4. The monoisotopic (exact) mass is 346 g/mol. The third-order valence-corrected chi connectivity index (χ3v) is 6.70. The quantitative estimate of drug-likeness (QED) is 0.795. The van der Waals surface area contributed by atoms with Gasteiger partial charge in [-0.2, -0.15) is 0 Å². The summed E-state index contributed by atoms with van der Waals surface area (Å²) in [5, 5.41) is 16.0. The summed E-state index contributed by atoms with van der Waals surface area (Å²) in [6, 6.07) is 12.3. The molecule has 23 heavy (non-hydrogen) atoms. The minimum Gasteiger partial charge on any atom is -0.508 e. The Balaban J connectivity index is 1.39. The molecule has 2 saturated heterocycles. The summed E-state index contributed by atoms with van der Waals surface area (Å²) in [4.78, 5) is 14.2. The molecule has 1 aromatic carbocycles. The lowest BCUT2D eigenvalue weighted by Crippen LogP contribution is -2.42. The SMILES string of the molecule is O=C(NC1CC2CCC1N2)c1ccc(Sc2ccc(O)cc2)s1. The Morgan fingerprint density at radius 2 is 2.04 bits per heavy atom. The van der Waals surface area contributed by atoms with Gasteiger partial charge in [-0.05, 0) is 55.7 Å². The number of hydrogen-bond acceptors (Lipinski definition) is 5. The van der Waals surface area contributed by atoms with Gasteiger partial charge in [0.25, 0.3) is 5.91 Å². The maximum Gasteiger partial charge on any atom is 0.261 e. The molecule has 3 atom stereocenters. The number of thiophene rings is 1. The fourth-order valence-electron chi connectivity index (χ4n) is 3.35. The van der Waals surface area contributed by atoms with Crippen LogP contribution in [0.2, 0.25) is 0 Å². The van der Waals surface area contributed by atoms with Crippen molar-refractivity contribution in [3.05, 3.63) is 41.3 Å². The molecule has 4 nitrogen and oxygen atoms in total. The molecule has 0 aliphatic carbocycles. The molecular formula is C17H18N2O2S2. The molecule has 0 radical (unpaired) electrons. The fraction of sp³-hybridized carbons (Fsp3) is 0.353. The van der Waals surface area contributed by atoms with Crippen molar-refractivity contribution in [3.63, 3.8) is 0 Å². The van der Waals surface area contributed by atoms with Gasteiger partial charge in [-0.15, -0.1) is 11.3 Å². The van der Waals surface area contributed by atoms with E-state index < -0.39 is 0 Å². The zero-order valence-corrected chi connectivity index (χ0v) is 14.1. The van der Waals surface area contributed by atoms with E-state index in [0.717, 1.165) is 20.4 Å². The van der Waals surface area contributed by atoms with Crippen molar-refractivity contribution >= 4 is 29.0 Å². The summed E-state index contributed by atoms with van der Waals surface area (Å²) in [5.74, 6) is 0.298. The molecule has 1 aromatic heterocycles. The summed E-state index contributed by atoms with van der Waals surface area (Å²) in [5.41, 5.74) is 0. The summed E-state index contributed by atoms with van der Waals surface area (Å²) in [7, 11) is 0. The molecule has 2 aliphatic heterocycles. The van der Waals surface area contributed by atoms with E-state index in [1.54, 1.807) is 23.9 Å². The average molecular weight is 346 g/mol. The zero-order chi connectivity index (χ0) is 15.8. The van der Waals surface area contributed by atoms with Crippen molar-refractivity contribution in [3.8, 4) is 5.75 Å². The van der Waals surface area contributed by atoms with Gasteiger partial charge in [0.15, 0.2) is 0 Å². The summed E-state index contributed by atoms with van der Waals surface area (Å²) in [6.45, 7) is 0. The topological polar surface area (TPSA) is 61.4 Å². The lowest BCUT2D eigenvalue weighted by molar-refractivity contribution is 0.0935. The Morgan fingerprint density at radius 1 is 1.22 bits per heavy atom. The van der Waals surface area contributed by atoms with Gasteiger partial charge in [-0.25, -0.2) is 0 Å². The Bertz CT molecular complexity index is 714. The number of fused-ring (bicyclic) bond motifs is 2. The van der Waals surface area contributed by atoms with E-state index >= 15 is 0 Å². The van der Waals surface area contributed by atoms with Crippen LogP contribution in [0.4, 0.5) is 0 Å². The highest BCUT2D eigenvalue weighted by molar-refractivity contribution is 8.01. The van der Waals surface area contributed by atoms with Crippen LogP contribution in [-0.2, 0) is 0 Å². The molecular weight excluding hydrogens is 328 g/mol. The molecule has 2 bridgehead atoms. The molecule has 3 heterocycles. The Hall–Kier alpha value is -1.50. The molecule has 3 N–H and O–H groups in total. The Kier molecular flexibility index (Phi) is 4.05. The highest BCUT2D eigenvalue weighted by atomic mass is 32.2. The van der Waals surface area contributed by atoms with Crippen LogP contribution < -0.4 is 10.6 Å². The first-order valence-electron chi connectivity index (χ1n) is 7.81. The number of phenols is 1. The third-order valence-electron chi connectivity index (χ3n) is 4.48. The molecule has 2 aromatic rings. The van der Waals surface area contributed by atoms with Gasteiger partial charge in [0.2, 0.25) is 0 Å². The number of carbonyl (C=O) groups is 1. The second kappa shape index (κ2) is 6.19. The summed E-state index contributed by atoms with van der Waals surface area (Å²) >= 11 is 3.12. The number of hydrogen-bond donors (Lipinski definition) is 3. The first kappa shape index (κ1) is 15.1. The smallest absolute Gasteiger partial charge is 0.261 e. The summed E-state index contributed by atoms with van der Waals surface area (Å²) in [6.07, 6.45) is 3.46. The normalized spacial score (nSPS) is 25.7. The maximum atomic E-state index is 12.4. The molecule has 2 fully saturated rings. The van der Waals surface area contributed by atoms with Crippen molar-refractivity contribution in [2.24, 2.45) is 0 Å². The van der Waals surface area contributed by atoms with Crippen molar-refractivity contribution < 1.29 is 9.90 Å². The Labute approximate surface area is 143 Å². The number of amides is 1. The summed E-state index contributed by atoms with van der Waals surface area (Å²) < 4.78 is 1.08. The molecule has 6 heteroatoms. The molecule has 120 valence electrons. The van der Waals surface area contributed by atoms with Crippen molar-refractivity contribution in [1.82, 2.24) is 10.6 Å². The second-order valence-corrected chi connectivity index (χ2v) is 8.54. The van der Waals surface area contributed by atoms with E-state index in [9.17, 15) is 9.90 Å². The van der Waals surface area contributed by atoms with Crippen molar-refractivity contribution in [2.45, 2.75) is 46.5 Å². The number of benzene rings is 1. The van der Waals surface area contributed by atoms with Crippen LogP contribution in [0.25, 0.3) is 0 Å². The molecule has 3 unspecified atom stereocenters. The highest BCUT2D eigenvalue weighted by Gasteiger charge is 2.39. The number of phenolic OH excluding ortho intramolecular Hbond substituents is 1. The van der Waals surface area contributed by atoms with Crippen molar-refractivity contribution in [2.75, 3.05) is 0 Å². The number of aromatic hydroxyl groups is 1. The molecule has 4 rings (SSSR count). The van der Waals surface area contributed by atoms with Gasteiger partial charge >= 0.3 is 0 Å². The lowest BCUT2D eigenvalue weighted by atomic mass is 9.95. The molecule has 0 saturated carbocycles. The first-order chi connectivity index (χ1) is 11.2. The number of nitrogens with one attached hydrogen (secondary N) is 2. The van der Waals surface area contributed by atoms with Crippen LogP contribution in [0.3, 0.4) is 0 Å². The van der Waals surface area contributed by atoms with Gasteiger partial charge in [-0.3, -0.25) is 4.79 Å². The van der Waals surface area contributed by atoms with E-state index in [2.05, 4.69) is 10.6 Å². The van der Waals surface area contributed by atoms with E-state index in [1.807, 2.05) is 24.3 Å². The average Bonchev–Trinajstić information content (AvgIpc) is 3.26. The second-order valence-electron chi connectivity index (χ2n) is 6.08. The van der Waals surface area contributed by atoms with Crippen molar-refractivity contribution in [1.29, 1.82) is 0 Å². The minimum atomic E-state index is 0.0342. The van der Waals surface area contributed by atoms with Crippen LogP contribution in [-0.4, -0.2) is 29.1 Å². The minimum absolute atomic E-state index is 0.0342. The van der Waals surface area contributed by atoms with E-state index in [4.69, 9.17) is 0 Å². The largest absolute Gasteiger partial charge is 0.508 e. The highest BCUT2D eigenvalue weighted by Crippen LogP contribution is 2.34. The van der Waals surface area contributed by atoms with Gasteiger partial charge in [0.05, 0.1) is 9.09 Å². The predicted molar refractivity (Wildman–Crippen MR) is 92.4 cm³/mol. The molecule has 0 spiro atoms.